The molecule has 4 rings (SSSR count). The van der Waals surface area contributed by atoms with E-state index in [1.54, 1.807) is 13.0 Å². The Bertz CT molecular complexity index is 1210. The van der Waals surface area contributed by atoms with Crippen LogP contribution in [0.5, 0.6) is 5.75 Å². The largest absolute Gasteiger partial charge is 0.489 e. The summed E-state index contributed by atoms with van der Waals surface area (Å²) < 4.78 is 19.2. The van der Waals surface area contributed by atoms with Gasteiger partial charge in [-0.2, -0.15) is 0 Å². The molecule has 0 unspecified atom stereocenters. The lowest BCUT2D eigenvalue weighted by molar-refractivity contribution is -0.132. The summed E-state index contributed by atoms with van der Waals surface area (Å²) in [6.45, 7) is 3.51. The van der Waals surface area contributed by atoms with Crippen molar-refractivity contribution >= 4 is 11.8 Å². The van der Waals surface area contributed by atoms with E-state index in [2.05, 4.69) is 5.32 Å². The summed E-state index contributed by atoms with van der Waals surface area (Å²) in [5, 5.41) is 13.7. The Hall–Kier alpha value is -3.71. The lowest BCUT2D eigenvalue weighted by atomic mass is 9.92. The number of carbonyl (C=O) groups excluding carboxylic acids is 2. The molecule has 1 fully saturated rings. The van der Waals surface area contributed by atoms with Crippen molar-refractivity contribution in [3.8, 4) is 5.75 Å². The van der Waals surface area contributed by atoms with Crippen molar-refractivity contribution in [3.63, 3.8) is 0 Å². The fourth-order valence-corrected chi connectivity index (χ4v) is 4.93. The van der Waals surface area contributed by atoms with Crippen molar-refractivity contribution < 1.29 is 23.8 Å². The molecule has 39 heavy (non-hydrogen) atoms. The van der Waals surface area contributed by atoms with Crippen molar-refractivity contribution in [2.75, 3.05) is 13.1 Å². The SMILES string of the molecule is C[C@H](NC(=O)CC1CCN(C(=O)CCc2cccc(F)c2)CC1)[C@H](O)c1ccc(OCc2ccccc2)cc1. The van der Waals surface area contributed by atoms with Crippen LogP contribution in [-0.4, -0.2) is 41.0 Å². The molecule has 6 nitrogen and oxygen atoms in total. The molecule has 3 aromatic rings. The quantitative estimate of drug-likeness (QED) is 0.356. The molecule has 3 aromatic carbocycles. The number of amides is 2. The molecule has 0 aliphatic carbocycles. The summed E-state index contributed by atoms with van der Waals surface area (Å²) in [5.41, 5.74) is 2.61. The van der Waals surface area contributed by atoms with Crippen LogP contribution in [-0.2, 0) is 22.6 Å². The molecule has 2 amide bonds. The highest BCUT2D eigenvalue weighted by atomic mass is 19.1. The smallest absolute Gasteiger partial charge is 0.222 e. The fraction of sp³-hybridized carbons (Fsp3) is 0.375. The highest BCUT2D eigenvalue weighted by Gasteiger charge is 2.26. The maximum absolute atomic E-state index is 13.3. The molecular weight excluding hydrogens is 495 g/mol. The van der Waals surface area contributed by atoms with E-state index in [0.717, 1.165) is 24.0 Å². The van der Waals surface area contributed by atoms with Crippen molar-refractivity contribution in [2.24, 2.45) is 5.92 Å². The highest BCUT2D eigenvalue weighted by Crippen LogP contribution is 2.24. The first kappa shape index (κ1) is 28.3. The van der Waals surface area contributed by atoms with Crippen molar-refractivity contribution in [1.29, 1.82) is 0 Å². The molecule has 0 bridgehead atoms. The Kier molecular flexibility index (Phi) is 10.1. The molecule has 0 radical (unpaired) electrons. The third-order valence-electron chi connectivity index (χ3n) is 7.29. The first-order valence-electron chi connectivity index (χ1n) is 13.6. The summed E-state index contributed by atoms with van der Waals surface area (Å²) in [5.74, 6) is 0.589. The summed E-state index contributed by atoms with van der Waals surface area (Å²) in [6.07, 6.45) is 1.93. The van der Waals surface area contributed by atoms with Crippen LogP contribution in [0.25, 0.3) is 0 Å². The molecule has 0 aromatic heterocycles. The van der Waals surface area contributed by atoms with Crippen LogP contribution in [0.4, 0.5) is 4.39 Å². The molecule has 0 saturated carbocycles. The summed E-state index contributed by atoms with van der Waals surface area (Å²) >= 11 is 0. The number of hydrogen-bond acceptors (Lipinski definition) is 4. The lowest BCUT2D eigenvalue weighted by Gasteiger charge is -2.32. The number of aliphatic hydroxyl groups excluding tert-OH is 1. The predicted octanol–water partition coefficient (Wildman–Crippen LogP) is 5.20. The number of carbonyl (C=O) groups is 2. The van der Waals surface area contributed by atoms with Crippen LogP contribution in [0.1, 0.15) is 55.4 Å². The predicted molar refractivity (Wildman–Crippen MR) is 148 cm³/mol. The first-order chi connectivity index (χ1) is 18.9. The van der Waals surface area contributed by atoms with Gasteiger partial charge < -0.3 is 20.1 Å². The number of nitrogens with one attached hydrogen (secondary N) is 1. The highest BCUT2D eigenvalue weighted by molar-refractivity contribution is 5.77. The van der Waals surface area contributed by atoms with Crippen LogP contribution in [0.15, 0.2) is 78.9 Å². The molecule has 2 atom stereocenters. The minimum atomic E-state index is -0.838. The number of benzene rings is 3. The molecule has 1 aliphatic heterocycles. The zero-order valence-electron chi connectivity index (χ0n) is 22.4. The van der Waals surface area contributed by atoms with Crippen molar-refractivity contribution in [3.05, 3.63) is 101 Å². The van der Waals surface area contributed by atoms with Crippen LogP contribution in [0, 0.1) is 11.7 Å². The second-order valence-electron chi connectivity index (χ2n) is 10.3. The summed E-state index contributed by atoms with van der Waals surface area (Å²) in [6, 6.07) is 23.1. The van der Waals surface area contributed by atoms with E-state index in [9.17, 15) is 19.1 Å². The molecule has 1 heterocycles. The van der Waals surface area contributed by atoms with Gasteiger partial charge in [0, 0.05) is 25.9 Å². The van der Waals surface area contributed by atoms with Gasteiger partial charge in [0.2, 0.25) is 11.8 Å². The van der Waals surface area contributed by atoms with Gasteiger partial charge in [-0.1, -0.05) is 54.6 Å². The van der Waals surface area contributed by atoms with Gasteiger partial charge in [-0.3, -0.25) is 9.59 Å². The second kappa shape index (κ2) is 13.9. The molecule has 0 spiro atoms. The van der Waals surface area contributed by atoms with Gasteiger partial charge in [0.05, 0.1) is 12.1 Å². The minimum absolute atomic E-state index is 0.0652. The van der Waals surface area contributed by atoms with Crippen molar-refractivity contribution in [1.82, 2.24) is 10.2 Å². The number of rotatable bonds is 11. The zero-order valence-corrected chi connectivity index (χ0v) is 22.4. The normalized spacial score (nSPS) is 15.4. The van der Waals surface area contributed by atoms with Crippen LogP contribution in [0.3, 0.4) is 0 Å². The summed E-state index contributed by atoms with van der Waals surface area (Å²) in [4.78, 5) is 27.1. The molecule has 7 heteroatoms. The second-order valence-corrected chi connectivity index (χ2v) is 10.3. The van der Waals surface area contributed by atoms with Crippen LogP contribution >= 0.6 is 0 Å². The number of halogens is 1. The van der Waals surface area contributed by atoms with E-state index in [4.69, 9.17) is 4.74 Å². The maximum Gasteiger partial charge on any atom is 0.222 e. The number of ether oxygens (including phenoxy) is 1. The average molecular weight is 533 g/mol. The lowest BCUT2D eigenvalue weighted by Crippen LogP contribution is -2.41. The van der Waals surface area contributed by atoms with E-state index >= 15 is 0 Å². The Balaban J connectivity index is 1.16. The number of hydrogen-bond donors (Lipinski definition) is 2. The molecule has 2 N–H and O–H groups in total. The Morgan fingerprint density at radius 3 is 2.38 bits per heavy atom. The molecule has 1 aliphatic rings. The van der Waals surface area contributed by atoms with Gasteiger partial charge in [0.25, 0.3) is 0 Å². The number of aliphatic hydroxyl groups is 1. The standard InChI is InChI=1S/C32H37FN2O4/c1-23(32(38)27-11-13-29(14-12-27)39-22-26-6-3-2-4-7-26)34-30(36)21-25-16-18-35(19-17-25)31(37)15-10-24-8-5-9-28(33)20-24/h2-9,11-14,20,23,25,32,38H,10,15-19,21-22H2,1H3,(H,34,36)/t23-,32-/m0/s1. The van der Waals surface area contributed by atoms with Crippen LogP contribution < -0.4 is 10.1 Å². The minimum Gasteiger partial charge on any atom is -0.489 e. The van der Waals surface area contributed by atoms with E-state index in [0.29, 0.717) is 50.3 Å². The van der Waals surface area contributed by atoms with E-state index in [1.165, 1.54) is 12.1 Å². The van der Waals surface area contributed by atoms with E-state index < -0.39 is 12.1 Å². The Morgan fingerprint density at radius 2 is 1.69 bits per heavy atom. The van der Waals surface area contributed by atoms with Gasteiger partial charge in [0.15, 0.2) is 0 Å². The molecular formula is C32H37FN2O4. The van der Waals surface area contributed by atoms with E-state index in [1.807, 2.05) is 65.6 Å². The first-order valence-corrected chi connectivity index (χ1v) is 13.6. The fourth-order valence-electron chi connectivity index (χ4n) is 4.93. The number of aryl methyl sites for hydroxylation is 1. The van der Waals surface area contributed by atoms with E-state index in [-0.39, 0.29) is 23.5 Å². The number of piperidine rings is 1. The zero-order chi connectivity index (χ0) is 27.6. The van der Waals surface area contributed by atoms with Crippen molar-refractivity contribution in [2.45, 2.75) is 57.8 Å². The van der Waals surface area contributed by atoms with Gasteiger partial charge in [-0.05, 0) is 73.1 Å². The maximum atomic E-state index is 13.3. The number of likely N-dealkylation sites (tertiary alicyclic amines) is 1. The Labute approximate surface area is 229 Å². The van der Waals surface area contributed by atoms with Gasteiger partial charge in [0.1, 0.15) is 18.2 Å². The topological polar surface area (TPSA) is 78.9 Å². The third kappa shape index (κ3) is 8.65. The molecule has 206 valence electrons. The van der Waals surface area contributed by atoms with Gasteiger partial charge >= 0.3 is 0 Å². The summed E-state index contributed by atoms with van der Waals surface area (Å²) in [7, 11) is 0. The Morgan fingerprint density at radius 1 is 1.00 bits per heavy atom. The third-order valence-corrected chi connectivity index (χ3v) is 7.29. The number of nitrogens with zero attached hydrogens (tertiary/aromatic N) is 1. The average Bonchev–Trinajstić information content (AvgIpc) is 2.95. The molecule has 1 saturated heterocycles. The van der Waals surface area contributed by atoms with Crippen LogP contribution in [0.2, 0.25) is 0 Å². The monoisotopic (exact) mass is 532 g/mol. The van der Waals surface area contributed by atoms with Gasteiger partial charge in [-0.25, -0.2) is 4.39 Å². The van der Waals surface area contributed by atoms with Gasteiger partial charge in [-0.15, -0.1) is 0 Å².